The van der Waals surface area contributed by atoms with Crippen molar-refractivity contribution >= 4 is 38.8 Å². The van der Waals surface area contributed by atoms with Gasteiger partial charge in [-0.15, -0.1) is 0 Å². The monoisotopic (exact) mass is 547 g/mol. The Balaban J connectivity index is 2.00. The van der Waals surface area contributed by atoms with Crippen LogP contribution in [0.15, 0.2) is 54.1 Å². The average molecular weight is 548 g/mol. The summed E-state index contributed by atoms with van der Waals surface area (Å²) < 4.78 is 101. The maximum atomic E-state index is 14.6. The highest BCUT2D eigenvalue weighted by Gasteiger charge is 2.34. The summed E-state index contributed by atoms with van der Waals surface area (Å²) in [5.74, 6) is -4.66. The molecule has 3 N–H and O–H groups in total. The fourth-order valence-corrected chi connectivity index (χ4v) is 4.18. The Bertz CT molecular complexity index is 1490. The van der Waals surface area contributed by atoms with E-state index in [1.807, 2.05) is 4.72 Å². The second-order valence-electron chi connectivity index (χ2n) is 7.32. The first-order chi connectivity index (χ1) is 16.6. The molecule has 3 aromatic rings. The van der Waals surface area contributed by atoms with E-state index in [2.05, 4.69) is 11.6 Å². The number of sulfonamides is 1. The van der Waals surface area contributed by atoms with Crippen LogP contribution in [0.3, 0.4) is 0 Å². The fraction of sp³-hybridized carbons (Fsp3) is 0.0909. The molecule has 0 unspecified atom stereocenters. The number of halogens is 6. The van der Waals surface area contributed by atoms with Gasteiger partial charge in [0.25, 0.3) is 10.0 Å². The quantitative estimate of drug-likeness (QED) is 0.302. The van der Waals surface area contributed by atoms with Crippen LogP contribution in [0.5, 0.6) is 11.6 Å². The van der Waals surface area contributed by atoms with Crippen LogP contribution >= 0.6 is 11.6 Å². The van der Waals surface area contributed by atoms with Gasteiger partial charge < -0.3 is 10.5 Å². The van der Waals surface area contributed by atoms with Crippen LogP contribution in [0.25, 0.3) is 5.57 Å². The van der Waals surface area contributed by atoms with Crippen LogP contribution in [-0.2, 0) is 21.0 Å². The van der Waals surface area contributed by atoms with Gasteiger partial charge in [-0.25, -0.2) is 22.2 Å². The highest BCUT2D eigenvalue weighted by Crippen LogP contribution is 2.37. The lowest BCUT2D eigenvalue weighted by Gasteiger charge is -2.15. The van der Waals surface area contributed by atoms with E-state index in [-0.39, 0.29) is 5.69 Å². The highest BCUT2D eigenvalue weighted by atomic mass is 35.5. The maximum Gasteiger partial charge on any atom is 0.417 e. The van der Waals surface area contributed by atoms with E-state index < -0.39 is 72.0 Å². The Labute approximate surface area is 206 Å². The number of hydrogen-bond donors (Lipinski definition) is 2. The Kier molecular flexibility index (Phi) is 7.27. The number of carbonyl (C=O) groups excluding carboxylic acids is 1. The molecule has 0 spiro atoms. The second-order valence-corrected chi connectivity index (χ2v) is 9.41. The smallest absolute Gasteiger partial charge is 0.417 e. The summed E-state index contributed by atoms with van der Waals surface area (Å²) in [4.78, 5) is 14.3. The van der Waals surface area contributed by atoms with Gasteiger partial charge in [-0.05, 0) is 42.8 Å². The van der Waals surface area contributed by atoms with E-state index in [9.17, 15) is 35.2 Å². The Hall–Kier alpha value is -3.71. The van der Waals surface area contributed by atoms with Gasteiger partial charge in [0, 0.05) is 23.4 Å². The number of benzene rings is 2. The van der Waals surface area contributed by atoms with E-state index in [4.69, 9.17) is 22.1 Å². The minimum atomic E-state index is -4.92. The van der Waals surface area contributed by atoms with Gasteiger partial charge in [-0.2, -0.15) is 13.2 Å². The first-order valence-electron chi connectivity index (χ1n) is 9.62. The van der Waals surface area contributed by atoms with Crippen molar-refractivity contribution < 1.29 is 39.9 Å². The van der Waals surface area contributed by atoms with E-state index in [0.29, 0.717) is 23.8 Å². The number of nitrogens with one attached hydrogen (secondary N) is 1. The number of amides is 1. The molecule has 36 heavy (non-hydrogen) atoms. The molecule has 7 nitrogen and oxygen atoms in total. The van der Waals surface area contributed by atoms with Crippen LogP contribution in [0.1, 0.15) is 16.7 Å². The molecular formula is C22H15ClF5N3O4S. The zero-order chi connectivity index (χ0) is 27.0. The summed E-state index contributed by atoms with van der Waals surface area (Å²) >= 11 is 5.54. The lowest BCUT2D eigenvalue weighted by molar-refractivity contribution is -0.137. The number of anilines is 1. The highest BCUT2D eigenvalue weighted by molar-refractivity contribution is 7.92. The molecule has 0 saturated heterocycles. The van der Waals surface area contributed by atoms with Crippen LogP contribution in [-0.4, -0.2) is 19.3 Å². The third-order valence-electron chi connectivity index (χ3n) is 4.64. The Morgan fingerprint density at radius 3 is 2.42 bits per heavy atom. The van der Waals surface area contributed by atoms with Gasteiger partial charge in [-0.1, -0.05) is 18.2 Å². The van der Waals surface area contributed by atoms with E-state index in [1.54, 1.807) is 0 Å². The lowest BCUT2D eigenvalue weighted by atomic mass is 10.1. The van der Waals surface area contributed by atoms with Crippen LogP contribution in [0.4, 0.5) is 27.6 Å². The molecule has 0 radical (unpaired) electrons. The van der Waals surface area contributed by atoms with Crippen LogP contribution < -0.4 is 15.2 Å². The van der Waals surface area contributed by atoms with Crippen LogP contribution in [0, 0.1) is 18.6 Å². The summed E-state index contributed by atoms with van der Waals surface area (Å²) in [6.07, 6.45) is -3.70. The van der Waals surface area contributed by atoms with Gasteiger partial charge in [0.05, 0.1) is 15.5 Å². The average Bonchev–Trinajstić information content (AvgIpc) is 2.76. The number of hydrogen-bond acceptors (Lipinski definition) is 5. The van der Waals surface area contributed by atoms with Gasteiger partial charge in [0.15, 0.2) is 11.6 Å². The number of aryl methyl sites for hydroxylation is 1. The number of carbonyl (C=O) groups is 1. The van der Waals surface area contributed by atoms with Crippen molar-refractivity contribution in [3.8, 4) is 11.6 Å². The summed E-state index contributed by atoms with van der Waals surface area (Å²) in [6.45, 7) is 4.79. The number of alkyl halides is 3. The first kappa shape index (κ1) is 26.9. The molecular weight excluding hydrogens is 533 g/mol. The molecule has 1 amide bonds. The molecule has 0 atom stereocenters. The van der Waals surface area contributed by atoms with Crippen molar-refractivity contribution in [3.05, 3.63) is 82.5 Å². The molecule has 14 heteroatoms. The molecule has 0 saturated carbocycles. The maximum absolute atomic E-state index is 14.6. The predicted octanol–water partition coefficient (Wildman–Crippen LogP) is 5.43. The van der Waals surface area contributed by atoms with Gasteiger partial charge in [-0.3, -0.25) is 9.52 Å². The molecule has 190 valence electrons. The number of primary amides is 1. The predicted molar refractivity (Wildman–Crippen MR) is 121 cm³/mol. The molecule has 0 aliphatic rings. The Morgan fingerprint density at radius 2 is 1.81 bits per heavy atom. The van der Waals surface area contributed by atoms with E-state index >= 15 is 0 Å². The zero-order valence-electron chi connectivity index (χ0n) is 18.1. The third-order valence-corrected chi connectivity index (χ3v) is 6.33. The molecule has 0 bridgehead atoms. The number of nitrogens with two attached hydrogens (primary N) is 1. The van der Waals surface area contributed by atoms with Crippen molar-refractivity contribution in [1.29, 1.82) is 0 Å². The fourth-order valence-electron chi connectivity index (χ4n) is 2.88. The standard InChI is InChI=1S/C22H15ClF5N3O4S/c1-10-5-18(31-36(33,34)12-3-4-15(23)14(6-12)22(26,27)28)21(30-9-10)35-19-8-16(24)13(7-17(19)25)11(2)20(29)32/h3-9,31H,2H2,1H3,(H2,29,32). The summed E-state index contributed by atoms with van der Waals surface area (Å²) in [5, 5.41) is -0.706. The van der Waals surface area contributed by atoms with Crippen LogP contribution in [0.2, 0.25) is 5.02 Å². The van der Waals surface area contributed by atoms with Gasteiger partial charge in [0.2, 0.25) is 11.8 Å². The summed E-state index contributed by atoms with van der Waals surface area (Å²) in [5.41, 5.74) is 2.64. The number of nitrogens with zero attached hydrogens (tertiary/aromatic N) is 1. The van der Waals surface area contributed by atoms with Crippen molar-refractivity contribution in [2.24, 2.45) is 5.73 Å². The SMILES string of the molecule is C=C(C(N)=O)c1cc(F)c(Oc2ncc(C)cc2NS(=O)(=O)c2ccc(Cl)c(C(F)(F)F)c2)cc1F. The van der Waals surface area contributed by atoms with Gasteiger partial charge in [0.1, 0.15) is 11.5 Å². The minimum absolute atomic E-state index is 0.341. The largest absolute Gasteiger partial charge is 0.434 e. The zero-order valence-corrected chi connectivity index (χ0v) is 19.7. The molecule has 1 aromatic heterocycles. The first-order valence-corrected chi connectivity index (χ1v) is 11.5. The van der Waals surface area contributed by atoms with E-state index in [1.165, 1.54) is 19.2 Å². The molecule has 0 aliphatic carbocycles. The molecule has 2 aromatic carbocycles. The number of ether oxygens (including phenoxy) is 1. The second kappa shape index (κ2) is 9.74. The normalized spacial score (nSPS) is 11.8. The van der Waals surface area contributed by atoms with Crippen molar-refractivity contribution in [1.82, 2.24) is 4.98 Å². The summed E-state index contributed by atoms with van der Waals surface area (Å²) in [7, 11) is -4.65. The van der Waals surface area contributed by atoms with Crippen molar-refractivity contribution in [3.63, 3.8) is 0 Å². The van der Waals surface area contributed by atoms with Gasteiger partial charge >= 0.3 is 6.18 Å². The van der Waals surface area contributed by atoms with E-state index in [0.717, 1.165) is 12.1 Å². The molecule has 0 aliphatic heterocycles. The third kappa shape index (κ3) is 5.74. The lowest BCUT2D eigenvalue weighted by Crippen LogP contribution is -2.16. The molecule has 1 heterocycles. The molecule has 0 fully saturated rings. The molecule has 3 rings (SSSR count). The number of aromatic nitrogens is 1. The topological polar surface area (TPSA) is 111 Å². The minimum Gasteiger partial charge on any atom is -0.434 e. The van der Waals surface area contributed by atoms with Crippen molar-refractivity contribution in [2.45, 2.75) is 18.0 Å². The number of rotatable bonds is 7. The Morgan fingerprint density at radius 1 is 1.14 bits per heavy atom. The van der Waals surface area contributed by atoms with Crippen molar-refractivity contribution in [2.75, 3.05) is 4.72 Å². The number of pyridine rings is 1. The summed E-state index contributed by atoms with van der Waals surface area (Å²) in [6, 6.07) is 4.33.